The number of nitrogens with zero attached hydrogens (tertiary/aromatic N) is 3. The van der Waals surface area contributed by atoms with Crippen molar-refractivity contribution in [2.75, 3.05) is 13.1 Å². The van der Waals surface area contributed by atoms with Gasteiger partial charge in [-0.05, 0) is 55.0 Å². The van der Waals surface area contributed by atoms with E-state index in [4.69, 9.17) is 4.52 Å². The molecular weight excluding hydrogens is 390 g/mol. The normalized spacial score (nSPS) is 17.2. The van der Waals surface area contributed by atoms with Gasteiger partial charge in [0.1, 0.15) is 0 Å². The number of carbonyl (C=O) groups is 1. The molecule has 0 amide bonds. The molecule has 0 saturated carbocycles. The molecule has 2 heterocycles. The third kappa shape index (κ3) is 5.39. The Morgan fingerprint density at radius 1 is 1.10 bits per heavy atom. The van der Waals surface area contributed by atoms with Gasteiger partial charge in [0.05, 0.1) is 5.92 Å². The topological polar surface area (TPSA) is 79.5 Å². The number of piperidine rings is 1. The maximum Gasteiger partial charge on any atom is 0.307 e. The molecule has 1 aromatic heterocycles. The van der Waals surface area contributed by atoms with E-state index < -0.39 is 5.97 Å². The summed E-state index contributed by atoms with van der Waals surface area (Å²) in [6.45, 7) is 6.73. The molecule has 1 fully saturated rings. The largest absolute Gasteiger partial charge is 0.481 e. The molecule has 162 valence electrons. The first-order valence-electron chi connectivity index (χ1n) is 11.0. The van der Waals surface area contributed by atoms with Crippen molar-refractivity contribution in [2.45, 2.75) is 39.7 Å². The number of carboxylic acid groups (broad SMARTS) is 1. The molecule has 2 aromatic carbocycles. The van der Waals surface area contributed by atoms with Crippen LogP contribution in [0.25, 0.3) is 22.8 Å². The van der Waals surface area contributed by atoms with Crippen LogP contribution in [0.2, 0.25) is 0 Å². The van der Waals surface area contributed by atoms with Crippen LogP contribution in [0.3, 0.4) is 0 Å². The van der Waals surface area contributed by atoms with Gasteiger partial charge in [0, 0.05) is 24.2 Å². The average Bonchev–Trinajstić information content (AvgIpc) is 3.25. The highest BCUT2D eigenvalue weighted by Crippen LogP contribution is 2.24. The van der Waals surface area contributed by atoms with E-state index in [1.165, 1.54) is 5.56 Å². The number of hydrogen-bond acceptors (Lipinski definition) is 5. The van der Waals surface area contributed by atoms with E-state index in [-0.39, 0.29) is 5.92 Å². The van der Waals surface area contributed by atoms with Crippen LogP contribution in [-0.2, 0) is 17.8 Å². The molecule has 0 radical (unpaired) electrons. The second-order valence-corrected chi connectivity index (χ2v) is 8.83. The van der Waals surface area contributed by atoms with Crippen molar-refractivity contribution in [1.82, 2.24) is 15.0 Å². The molecule has 31 heavy (non-hydrogen) atoms. The van der Waals surface area contributed by atoms with Crippen LogP contribution in [-0.4, -0.2) is 39.2 Å². The summed E-state index contributed by atoms with van der Waals surface area (Å²) in [6, 6.07) is 16.4. The smallest absolute Gasteiger partial charge is 0.307 e. The molecule has 3 aromatic rings. The number of likely N-dealkylation sites (tertiary alicyclic amines) is 1. The Balaban J connectivity index is 1.40. The zero-order chi connectivity index (χ0) is 21.8. The lowest BCUT2D eigenvalue weighted by atomic mass is 9.98. The fraction of sp³-hybridized carbons (Fsp3) is 0.400. The molecule has 1 N–H and O–H groups in total. The van der Waals surface area contributed by atoms with Crippen molar-refractivity contribution in [1.29, 1.82) is 0 Å². The Kier molecular flexibility index (Phi) is 6.47. The summed E-state index contributed by atoms with van der Waals surface area (Å²) in [5, 5.41) is 13.4. The maximum absolute atomic E-state index is 11.3. The van der Waals surface area contributed by atoms with Crippen molar-refractivity contribution in [3.05, 3.63) is 59.7 Å². The Morgan fingerprint density at radius 2 is 1.77 bits per heavy atom. The number of aromatic nitrogens is 2. The van der Waals surface area contributed by atoms with Gasteiger partial charge in [0.2, 0.25) is 5.82 Å². The standard InChI is InChI=1S/C25H29N3O3/c1-17(2)14-18-5-11-21(12-6-18)24-26-23(27-31-24)20-9-7-19(8-10-20)15-28-13-3-4-22(16-28)25(29)30/h5-12,17,22H,3-4,13-16H2,1-2H3,(H,29,30). The van der Waals surface area contributed by atoms with Gasteiger partial charge in [0.25, 0.3) is 5.89 Å². The molecule has 0 aliphatic carbocycles. The van der Waals surface area contributed by atoms with Crippen molar-refractivity contribution in [3.63, 3.8) is 0 Å². The molecule has 4 rings (SSSR count). The second-order valence-electron chi connectivity index (χ2n) is 8.83. The molecule has 1 aliphatic heterocycles. The number of carboxylic acids is 1. The number of benzene rings is 2. The van der Waals surface area contributed by atoms with E-state index in [0.717, 1.165) is 49.0 Å². The summed E-state index contributed by atoms with van der Waals surface area (Å²) in [4.78, 5) is 18.0. The molecule has 6 heteroatoms. The number of hydrogen-bond donors (Lipinski definition) is 1. The van der Waals surface area contributed by atoms with Gasteiger partial charge in [-0.1, -0.05) is 55.4 Å². The van der Waals surface area contributed by atoms with Crippen LogP contribution in [0, 0.1) is 11.8 Å². The van der Waals surface area contributed by atoms with Gasteiger partial charge in [-0.25, -0.2) is 0 Å². The van der Waals surface area contributed by atoms with Gasteiger partial charge >= 0.3 is 5.97 Å². The molecule has 1 saturated heterocycles. The van der Waals surface area contributed by atoms with Crippen LogP contribution < -0.4 is 0 Å². The zero-order valence-electron chi connectivity index (χ0n) is 18.1. The molecule has 6 nitrogen and oxygen atoms in total. The average molecular weight is 420 g/mol. The number of aliphatic carboxylic acids is 1. The highest BCUT2D eigenvalue weighted by atomic mass is 16.5. The summed E-state index contributed by atoms with van der Waals surface area (Å²) in [6.07, 6.45) is 2.75. The maximum atomic E-state index is 11.3. The van der Waals surface area contributed by atoms with E-state index in [1.807, 2.05) is 24.3 Å². The molecule has 1 atom stereocenters. The van der Waals surface area contributed by atoms with Crippen LogP contribution in [0.5, 0.6) is 0 Å². The Morgan fingerprint density at radius 3 is 2.45 bits per heavy atom. The first-order chi connectivity index (χ1) is 15.0. The van der Waals surface area contributed by atoms with Crippen molar-refractivity contribution < 1.29 is 14.4 Å². The van der Waals surface area contributed by atoms with E-state index in [9.17, 15) is 9.90 Å². The monoisotopic (exact) mass is 419 g/mol. The Bertz CT molecular complexity index is 1010. The van der Waals surface area contributed by atoms with Gasteiger partial charge in [-0.15, -0.1) is 0 Å². The summed E-state index contributed by atoms with van der Waals surface area (Å²) in [7, 11) is 0. The van der Waals surface area contributed by atoms with Gasteiger partial charge in [0.15, 0.2) is 0 Å². The fourth-order valence-corrected chi connectivity index (χ4v) is 4.13. The second kappa shape index (κ2) is 9.43. The van der Waals surface area contributed by atoms with Crippen molar-refractivity contribution >= 4 is 5.97 Å². The summed E-state index contributed by atoms with van der Waals surface area (Å²) in [5.74, 6) is 0.755. The van der Waals surface area contributed by atoms with E-state index in [1.54, 1.807) is 0 Å². The quantitative estimate of drug-likeness (QED) is 0.587. The van der Waals surface area contributed by atoms with Crippen LogP contribution in [0.4, 0.5) is 0 Å². The predicted molar refractivity (Wildman–Crippen MR) is 119 cm³/mol. The highest BCUT2D eigenvalue weighted by molar-refractivity contribution is 5.70. The van der Waals surface area contributed by atoms with Crippen LogP contribution >= 0.6 is 0 Å². The van der Waals surface area contributed by atoms with Crippen molar-refractivity contribution in [3.8, 4) is 22.8 Å². The lowest BCUT2D eigenvalue weighted by molar-refractivity contribution is -0.143. The first kappa shape index (κ1) is 21.2. The van der Waals surface area contributed by atoms with E-state index in [2.05, 4.69) is 53.2 Å². The molecular formula is C25H29N3O3. The fourth-order valence-electron chi connectivity index (χ4n) is 4.13. The first-order valence-corrected chi connectivity index (χ1v) is 11.0. The third-order valence-corrected chi connectivity index (χ3v) is 5.74. The molecule has 0 spiro atoms. The predicted octanol–water partition coefficient (Wildman–Crippen LogP) is 4.90. The van der Waals surface area contributed by atoms with Gasteiger partial charge in [-0.2, -0.15) is 4.98 Å². The lowest BCUT2D eigenvalue weighted by Crippen LogP contribution is -2.38. The SMILES string of the molecule is CC(C)Cc1ccc(-c2nc(-c3ccc(CN4CCCC(C(=O)O)C4)cc3)no2)cc1. The Hall–Kier alpha value is -2.99. The summed E-state index contributed by atoms with van der Waals surface area (Å²) in [5.41, 5.74) is 4.27. The third-order valence-electron chi connectivity index (χ3n) is 5.74. The highest BCUT2D eigenvalue weighted by Gasteiger charge is 2.25. The van der Waals surface area contributed by atoms with Crippen LogP contribution in [0.1, 0.15) is 37.8 Å². The minimum Gasteiger partial charge on any atom is -0.481 e. The van der Waals surface area contributed by atoms with E-state index >= 15 is 0 Å². The van der Waals surface area contributed by atoms with Gasteiger partial charge < -0.3 is 9.63 Å². The molecule has 0 bridgehead atoms. The van der Waals surface area contributed by atoms with Gasteiger partial charge in [-0.3, -0.25) is 9.69 Å². The Labute approximate surface area is 182 Å². The summed E-state index contributed by atoms with van der Waals surface area (Å²) >= 11 is 0. The lowest BCUT2D eigenvalue weighted by Gasteiger charge is -2.30. The van der Waals surface area contributed by atoms with E-state index in [0.29, 0.717) is 24.2 Å². The van der Waals surface area contributed by atoms with Crippen molar-refractivity contribution in [2.24, 2.45) is 11.8 Å². The van der Waals surface area contributed by atoms with Crippen LogP contribution in [0.15, 0.2) is 53.1 Å². The minimum atomic E-state index is -0.692. The number of rotatable bonds is 7. The minimum absolute atomic E-state index is 0.259. The summed E-state index contributed by atoms with van der Waals surface area (Å²) < 4.78 is 5.49. The molecule has 1 unspecified atom stereocenters. The molecule has 1 aliphatic rings. The zero-order valence-corrected chi connectivity index (χ0v) is 18.1.